The molecule has 16 heavy (non-hydrogen) atoms. The van der Waals surface area contributed by atoms with E-state index in [2.05, 4.69) is 4.98 Å². The molecule has 0 aromatic carbocycles. The molecule has 1 heterocycles. The SMILES string of the molecule is CCOC(CCSc1nc(C)co1)OCC. The molecule has 4 nitrogen and oxygen atoms in total. The number of nitrogens with zero attached hydrogens (tertiary/aromatic N) is 1. The number of ether oxygens (including phenoxy) is 2. The number of rotatable bonds is 8. The van der Waals surface area contributed by atoms with Crippen LogP contribution in [0.25, 0.3) is 0 Å². The number of hydrogen-bond donors (Lipinski definition) is 0. The molecule has 0 atom stereocenters. The summed E-state index contributed by atoms with van der Waals surface area (Å²) < 4.78 is 16.1. The first-order valence-corrected chi connectivity index (χ1v) is 6.53. The molecular weight excluding hydrogens is 226 g/mol. The van der Waals surface area contributed by atoms with Crippen molar-refractivity contribution >= 4 is 11.8 Å². The first kappa shape index (κ1) is 13.5. The van der Waals surface area contributed by atoms with Crippen LogP contribution in [0.3, 0.4) is 0 Å². The van der Waals surface area contributed by atoms with Gasteiger partial charge in [0.25, 0.3) is 5.22 Å². The molecule has 0 N–H and O–H groups in total. The predicted molar refractivity (Wildman–Crippen MR) is 63.6 cm³/mol. The minimum atomic E-state index is -0.112. The molecule has 0 unspecified atom stereocenters. The van der Waals surface area contributed by atoms with Crippen LogP contribution < -0.4 is 0 Å². The van der Waals surface area contributed by atoms with Gasteiger partial charge in [-0.15, -0.1) is 0 Å². The van der Waals surface area contributed by atoms with Gasteiger partial charge < -0.3 is 13.9 Å². The highest BCUT2D eigenvalue weighted by Gasteiger charge is 2.09. The molecule has 1 aromatic heterocycles. The summed E-state index contributed by atoms with van der Waals surface area (Å²) in [6.07, 6.45) is 2.39. The van der Waals surface area contributed by atoms with Crippen LogP contribution in [-0.4, -0.2) is 30.2 Å². The fourth-order valence-electron chi connectivity index (χ4n) is 1.23. The fraction of sp³-hybridized carbons (Fsp3) is 0.727. The summed E-state index contributed by atoms with van der Waals surface area (Å²) in [6.45, 7) is 7.20. The molecule has 0 spiro atoms. The average Bonchev–Trinajstić information content (AvgIpc) is 2.65. The molecule has 0 fully saturated rings. The fourth-order valence-corrected chi connectivity index (χ4v) is 2.04. The van der Waals surface area contributed by atoms with Gasteiger partial charge in [-0.05, 0) is 20.8 Å². The molecule has 0 saturated heterocycles. The summed E-state index contributed by atoms with van der Waals surface area (Å²) in [5.74, 6) is 0.880. The molecule has 0 bridgehead atoms. The lowest BCUT2D eigenvalue weighted by atomic mass is 10.5. The van der Waals surface area contributed by atoms with Crippen LogP contribution in [0, 0.1) is 6.92 Å². The zero-order valence-electron chi connectivity index (χ0n) is 10.1. The van der Waals surface area contributed by atoms with Crippen molar-refractivity contribution in [3.05, 3.63) is 12.0 Å². The van der Waals surface area contributed by atoms with Crippen molar-refractivity contribution < 1.29 is 13.9 Å². The minimum Gasteiger partial charge on any atom is -0.440 e. The molecule has 0 aliphatic carbocycles. The second-order valence-corrected chi connectivity index (χ2v) is 4.28. The van der Waals surface area contributed by atoms with Crippen LogP contribution in [0.1, 0.15) is 26.0 Å². The largest absolute Gasteiger partial charge is 0.440 e. The Morgan fingerprint density at radius 1 is 1.38 bits per heavy atom. The van der Waals surface area contributed by atoms with E-state index >= 15 is 0 Å². The maximum Gasteiger partial charge on any atom is 0.255 e. The Balaban J connectivity index is 2.21. The lowest BCUT2D eigenvalue weighted by Gasteiger charge is -2.15. The zero-order chi connectivity index (χ0) is 11.8. The van der Waals surface area contributed by atoms with Gasteiger partial charge >= 0.3 is 0 Å². The third-order valence-corrected chi connectivity index (χ3v) is 2.76. The van der Waals surface area contributed by atoms with Gasteiger partial charge in [0.2, 0.25) is 0 Å². The summed E-state index contributed by atoms with van der Waals surface area (Å²) >= 11 is 1.58. The number of hydrogen-bond acceptors (Lipinski definition) is 5. The number of aromatic nitrogens is 1. The molecule has 0 aliphatic rings. The molecule has 92 valence electrons. The molecule has 0 amide bonds. The van der Waals surface area contributed by atoms with Gasteiger partial charge in [0, 0.05) is 25.4 Å². The molecule has 1 rings (SSSR count). The topological polar surface area (TPSA) is 44.5 Å². The van der Waals surface area contributed by atoms with Gasteiger partial charge in [-0.3, -0.25) is 0 Å². The van der Waals surface area contributed by atoms with E-state index in [1.54, 1.807) is 18.0 Å². The maximum atomic E-state index is 5.44. The van der Waals surface area contributed by atoms with Crippen LogP contribution >= 0.6 is 11.8 Å². The molecule has 5 heteroatoms. The number of oxazole rings is 1. The molecule has 0 radical (unpaired) electrons. The first-order valence-electron chi connectivity index (χ1n) is 5.54. The molecule has 1 aromatic rings. The average molecular weight is 245 g/mol. The Morgan fingerprint density at radius 3 is 2.56 bits per heavy atom. The smallest absolute Gasteiger partial charge is 0.255 e. The maximum absolute atomic E-state index is 5.44. The van der Waals surface area contributed by atoms with Crippen LogP contribution in [0.5, 0.6) is 0 Å². The molecular formula is C11H19NO3S. The Labute approximate surface area is 101 Å². The van der Waals surface area contributed by atoms with Gasteiger partial charge in [-0.2, -0.15) is 0 Å². The van der Waals surface area contributed by atoms with E-state index < -0.39 is 0 Å². The summed E-state index contributed by atoms with van der Waals surface area (Å²) in [6, 6.07) is 0. The number of thioether (sulfide) groups is 1. The minimum absolute atomic E-state index is 0.112. The molecule has 0 saturated carbocycles. The predicted octanol–water partition coefficient (Wildman–Crippen LogP) is 2.86. The first-order chi connectivity index (χ1) is 7.76. The summed E-state index contributed by atoms with van der Waals surface area (Å²) in [7, 11) is 0. The van der Waals surface area contributed by atoms with Gasteiger partial charge in [-0.1, -0.05) is 11.8 Å². The van der Waals surface area contributed by atoms with E-state index in [0.717, 1.165) is 17.9 Å². The third kappa shape index (κ3) is 5.01. The van der Waals surface area contributed by atoms with Gasteiger partial charge in [0.1, 0.15) is 6.26 Å². The summed E-state index contributed by atoms with van der Waals surface area (Å²) in [5.41, 5.74) is 0.911. The zero-order valence-corrected chi connectivity index (χ0v) is 10.9. The highest BCUT2D eigenvalue weighted by atomic mass is 32.2. The van der Waals surface area contributed by atoms with Crippen LogP contribution in [0.15, 0.2) is 15.9 Å². The monoisotopic (exact) mass is 245 g/mol. The summed E-state index contributed by atoms with van der Waals surface area (Å²) in [5, 5.41) is 0.712. The van der Waals surface area contributed by atoms with E-state index in [0.29, 0.717) is 18.4 Å². The van der Waals surface area contributed by atoms with E-state index in [1.165, 1.54) is 0 Å². The second-order valence-electron chi connectivity index (χ2n) is 3.23. The quantitative estimate of drug-likeness (QED) is 0.520. The van der Waals surface area contributed by atoms with Crippen molar-refractivity contribution in [3.63, 3.8) is 0 Å². The van der Waals surface area contributed by atoms with Crippen molar-refractivity contribution in [1.82, 2.24) is 4.98 Å². The van der Waals surface area contributed by atoms with E-state index in [9.17, 15) is 0 Å². The van der Waals surface area contributed by atoms with E-state index in [4.69, 9.17) is 13.9 Å². The lowest BCUT2D eigenvalue weighted by molar-refractivity contribution is -0.136. The molecule has 0 aliphatic heterocycles. The Kier molecular flexibility index (Phi) is 6.52. The van der Waals surface area contributed by atoms with Crippen molar-refractivity contribution in [3.8, 4) is 0 Å². The van der Waals surface area contributed by atoms with Gasteiger partial charge in [0.15, 0.2) is 6.29 Å². The van der Waals surface area contributed by atoms with Crippen LogP contribution in [0.2, 0.25) is 0 Å². The standard InChI is InChI=1S/C11H19NO3S/c1-4-13-10(14-5-2)6-7-16-11-12-9(3)8-15-11/h8,10H,4-7H2,1-3H3. The van der Waals surface area contributed by atoms with Gasteiger partial charge in [-0.25, -0.2) is 4.98 Å². The lowest BCUT2D eigenvalue weighted by Crippen LogP contribution is -2.18. The van der Waals surface area contributed by atoms with Crippen LogP contribution in [0.4, 0.5) is 0 Å². The van der Waals surface area contributed by atoms with Crippen molar-refractivity contribution in [2.75, 3.05) is 19.0 Å². The second kappa shape index (κ2) is 7.70. The number of aryl methyl sites for hydroxylation is 1. The highest BCUT2D eigenvalue weighted by Crippen LogP contribution is 2.19. The third-order valence-electron chi connectivity index (χ3n) is 1.88. The Bertz CT molecular complexity index is 285. The Morgan fingerprint density at radius 2 is 2.06 bits per heavy atom. The van der Waals surface area contributed by atoms with E-state index in [1.807, 2.05) is 20.8 Å². The van der Waals surface area contributed by atoms with Crippen molar-refractivity contribution in [2.24, 2.45) is 0 Å². The highest BCUT2D eigenvalue weighted by molar-refractivity contribution is 7.99. The normalized spacial score (nSPS) is 11.2. The van der Waals surface area contributed by atoms with Gasteiger partial charge in [0.05, 0.1) is 5.69 Å². The van der Waals surface area contributed by atoms with Crippen molar-refractivity contribution in [1.29, 1.82) is 0 Å². The van der Waals surface area contributed by atoms with Crippen LogP contribution in [-0.2, 0) is 9.47 Å². The summed E-state index contributed by atoms with van der Waals surface area (Å²) in [4.78, 5) is 4.21. The Hall–Kier alpha value is -0.520. The van der Waals surface area contributed by atoms with E-state index in [-0.39, 0.29) is 6.29 Å². The van der Waals surface area contributed by atoms with Crippen molar-refractivity contribution in [2.45, 2.75) is 38.7 Å².